The molecule has 0 saturated heterocycles. The minimum atomic E-state index is 0.577. The van der Waals surface area contributed by atoms with Crippen LogP contribution in [0.3, 0.4) is 0 Å². The van der Waals surface area contributed by atoms with Crippen LogP contribution in [0.15, 0.2) is 71.4 Å². The Morgan fingerprint density at radius 1 is 0.962 bits per heavy atom. The number of hydrogen-bond acceptors (Lipinski definition) is 3. The van der Waals surface area contributed by atoms with Crippen molar-refractivity contribution in [1.29, 1.82) is 0 Å². The Morgan fingerprint density at radius 3 is 2.27 bits per heavy atom. The molecule has 0 aliphatic rings. The summed E-state index contributed by atoms with van der Waals surface area (Å²) in [5, 5.41) is 0.883. The number of furan rings is 1. The van der Waals surface area contributed by atoms with Gasteiger partial charge in [0.25, 0.3) is 0 Å². The van der Waals surface area contributed by atoms with Gasteiger partial charge in [-0.15, -0.1) is 0 Å². The quantitative estimate of drug-likeness (QED) is 0.528. The average Bonchev–Trinajstić information content (AvgIpc) is 3.09. The summed E-state index contributed by atoms with van der Waals surface area (Å²) in [5.41, 5.74) is 10.2. The molecule has 2 aromatic heterocycles. The van der Waals surface area contributed by atoms with E-state index in [0.717, 1.165) is 47.2 Å². The lowest BCUT2D eigenvalue weighted by molar-refractivity contribution is -0.684. The molecule has 0 aliphatic carbocycles. The normalized spacial score (nSPS) is 11.1. The van der Waals surface area contributed by atoms with Gasteiger partial charge in [0, 0.05) is 11.1 Å². The van der Waals surface area contributed by atoms with Crippen molar-refractivity contribution in [2.75, 3.05) is 5.73 Å². The van der Waals surface area contributed by atoms with Gasteiger partial charge >= 0.3 is 5.71 Å². The first-order valence-corrected chi connectivity index (χ1v) is 9.01. The molecule has 0 radical (unpaired) electrons. The van der Waals surface area contributed by atoms with E-state index in [0.29, 0.717) is 11.5 Å². The van der Waals surface area contributed by atoms with Crippen molar-refractivity contribution >= 4 is 16.9 Å². The summed E-state index contributed by atoms with van der Waals surface area (Å²) >= 11 is 0. The molecular formula is C22H22N3O+. The number of rotatable bonds is 5. The Hall–Kier alpha value is -3.14. The molecule has 0 amide bonds. The third-order valence-electron chi connectivity index (χ3n) is 4.62. The first-order chi connectivity index (χ1) is 12.8. The van der Waals surface area contributed by atoms with Gasteiger partial charge in [-0.3, -0.25) is 0 Å². The minimum absolute atomic E-state index is 0.577. The zero-order chi connectivity index (χ0) is 17.9. The van der Waals surface area contributed by atoms with E-state index in [1.54, 1.807) is 6.33 Å². The van der Waals surface area contributed by atoms with Crippen LogP contribution in [-0.4, -0.2) is 4.98 Å². The van der Waals surface area contributed by atoms with Crippen molar-refractivity contribution in [1.82, 2.24) is 4.98 Å². The van der Waals surface area contributed by atoms with Crippen molar-refractivity contribution in [3.63, 3.8) is 0 Å². The summed E-state index contributed by atoms with van der Waals surface area (Å²) < 4.78 is 8.19. The van der Waals surface area contributed by atoms with E-state index >= 15 is 0 Å². The van der Waals surface area contributed by atoms with Crippen LogP contribution in [0.25, 0.3) is 33.6 Å². The fourth-order valence-electron chi connectivity index (χ4n) is 3.26. The van der Waals surface area contributed by atoms with Crippen LogP contribution < -0.4 is 10.3 Å². The summed E-state index contributed by atoms with van der Waals surface area (Å²) in [6.45, 7) is 3.02. The van der Waals surface area contributed by atoms with E-state index < -0.39 is 0 Å². The Balaban J connectivity index is 2.01. The van der Waals surface area contributed by atoms with Crippen molar-refractivity contribution in [3.8, 4) is 22.5 Å². The second-order valence-electron chi connectivity index (χ2n) is 6.40. The molecule has 130 valence electrons. The van der Waals surface area contributed by atoms with Gasteiger partial charge in [-0.05, 0) is 12.0 Å². The van der Waals surface area contributed by atoms with Gasteiger partial charge in [-0.2, -0.15) is 0 Å². The van der Waals surface area contributed by atoms with Crippen LogP contribution in [0.1, 0.15) is 19.8 Å². The molecule has 2 N–H and O–H groups in total. The molecule has 4 aromatic rings. The lowest BCUT2D eigenvalue weighted by Gasteiger charge is -2.06. The van der Waals surface area contributed by atoms with Crippen LogP contribution in [0.5, 0.6) is 0 Å². The van der Waals surface area contributed by atoms with E-state index in [4.69, 9.17) is 10.2 Å². The SMILES string of the molecule is CCCC[n+]1cnc2oc(-c3ccccc3)c(-c3ccccc3)c2c1N. The number of unbranched alkanes of at least 4 members (excludes halogenated alkanes) is 1. The Kier molecular flexibility index (Phi) is 4.40. The molecule has 4 nitrogen and oxygen atoms in total. The number of aryl methyl sites for hydroxylation is 1. The van der Waals surface area contributed by atoms with Crippen LogP contribution in [0.4, 0.5) is 5.82 Å². The Labute approximate surface area is 152 Å². The zero-order valence-electron chi connectivity index (χ0n) is 14.9. The number of hydrogen-bond donors (Lipinski definition) is 1. The molecular weight excluding hydrogens is 322 g/mol. The number of nitrogens with zero attached hydrogens (tertiary/aromatic N) is 2. The van der Waals surface area contributed by atoms with E-state index in [-0.39, 0.29) is 0 Å². The third-order valence-corrected chi connectivity index (χ3v) is 4.62. The lowest BCUT2D eigenvalue weighted by Crippen LogP contribution is -2.37. The summed E-state index contributed by atoms with van der Waals surface area (Å²) in [6, 6.07) is 20.3. The highest BCUT2D eigenvalue weighted by Gasteiger charge is 2.25. The molecule has 2 aromatic carbocycles. The number of benzene rings is 2. The monoisotopic (exact) mass is 344 g/mol. The molecule has 0 unspecified atom stereocenters. The number of nitrogen functional groups attached to an aromatic ring is 1. The molecule has 0 atom stereocenters. The van der Waals surface area contributed by atoms with Gasteiger partial charge < -0.3 is 10.2 Å². The van der Waals surface area contributed by atoms with Crippen LogP contribution in [0.2, 0.25) is 0 Å². The first kappa shape index (κ1) is 16.3. The van der Waals surface area contributed by atoms with E-state index in [1.165, 1.54) is 0 Å². The predicted octanol–water partition coefficient (Wildman–Crippen LogP) is 4.83. The second-order valence-corrected chi connectivity index (χ2v) is 6.40. The van der Waals surface area contributed by atoms with Crippen LogP contribution in [-0.2, 0) is 6.54 Å². The molecule has 0 aliphatic heterocycles. The maximum Gasteiger partial charge on any atom is 0.310 e. The minimum Gasteiger partial charge on any atom is -0.425 e. The molecule has 26 heavy (non-hydrogen) atoms. The van der Waals surface area contributed by atoms with Gasteiger partial charge in [-0.25, -0.2) is 4.57 Å². The molecule has 0 saturated carbocycles. The fourth-order valence-corrected chi connectivity index (χ4v) is 3.26. The van der Waals surface area contributed by atoms with Crippen molar-refractivity contribution in [2.24, 2.45) is 0 Å². The first-order valence-electron chi connectivity index (χ1n) is 9.01. The van der Waals surface area contributed by atoms with E-state index in [1.807, 2.05) is 53.1 Å². The van der Waals surface area contributed by atoms with Gasteiger partial charge in [0.05, 0.1) is 6.54 Å². The van der Waals surface area contributed by atoms with Crippen LogP contribution >= 0.6 is 0 Å². The van der Waals surface area contributed by atoms with Crippen molar-refractivity contribution < 1.29 is 8.98 Å². The Bertz CT molecular complexity index is 1020. The van der Waals surface area contributed by atoms with E-state index in [9.17, 15) is 0 Å². The highest BCUT2D eigenvalue weighted by atomic mass is 16.3. The topological polar surface area (TPSA) is 55.9 Å². The summed E-state index contributed by atoms with van der Waals surface area (Å²) in [5.74, 6) is 1.51. The molecule has 4 rings (SSSR count). The molecule has 0 spiro atoms. The summed E-state index contributed by atoms with van der Waals surface area (Å²) in [6.07, 6.45) is 3.95. The largest absolute Gasteiger partial charge is 0.425 e. The Morgan fingerprint density at radius 2 is 1.62 bits per heavy atom. The van der Waals surface area contributed by atoms with Gasteiger partial charge in [-0.1, -0.05) is 79.0 Å². The molecule has 0 fully saturated rings. The molecule has 4 heteroatoms. The van der Waals surface area contributed by atoms with Crippen molar-refractivity contribution in [2.45, 2.75) is 26.3 Å². The summed E-state index contributed by atoms with van der Waals surface area (Å²) in [4.78, 5) is 4.54. The second kappa shape index (κ2) is 7.00. The molecule has 2 heterocycles. The fraction of sp³-hybridized carbons (Fsp3) is 0.182. The van der Waals surface area contributed by atoms with Gasteiger partial charge in [0.15, 0.2) is 0 Å². The van der Waals surface area contributed by atoms with Gasteiger partial charge in [0.1, 0.15) is 11.1 Å². The maximum absolute atomic E-state index is 6.55. The number of aromatic nitrogens is 2. The zero-order valence-corrected chi connectivity index (χ0v) is 14.9. The number of nitrogens with two attached hydrogens (primary N) is 1. The van der Waals surface area contributed by atoms with Crippen molar-refractivity contribution in [3.05, 3.63) is 67.0 Å². The third kappa shape index (κ3) is 2.84. The highest BCUT2D eigenvalue weighted by Crippen LogP contribution is 2.41. The smallest absolute Gasteiger partial charge is 0.310 e. The standard InChI is InChI=1S/C22H21N3O/c1-2-3-14-25-15-24-22-19(21(25)23)18(16-10-6-4-7-11-16)20(26-22)17-12-8-5-9-13-17/h4-13,15,23H,2-3,14H2,1H3/p+1. The lowest BCUT2D eigenvalue weighted by atomic mass is 9.99. The number of anilines is 1. The maximum atomic E-state index is 6.55. The molecule has 0 bridgehead atoms. The average molecular weight is 344 g/mol. The summed E-state index contributed by atoms with van der Waals surface area (Å²) in [7, 11) is 0. The van der Waals surface area contributed by atoms with E-state index in [2.05, 4.69) is 24.0 Å². The van der Waals surface area contributed by atoms with Crippen LogP contribution in [0, 0.1) is 0 Å². The highest BCUT2D eigenvalue weighted by molar-refractivity contribution is 6.04. The number of fused-ring (bicyclic) bond motifs is 1. The predicted molar refractivity (Wildman–Crippen MR) is 104 cm³/mol. The van der Waals surface area contributed by atoms with Gasteiger partial charge in [0.2, 0.25) is 12.1 Å².